The van der Waals surface area contributed by atoms with Gasteiger partial charge in [-0.15, -0.1) is 10.2 Å². The fraction of sp³-hybridized carbons (Fsp3) is 0.488. The summed E-state index contributed by atoms with van der Waals surface area (Å²) in [6, 6.07) is 15.5. The number of hydrogen-bond acceptors (Lipinski definition) is 12. The zero-order chi connectivity index (χ0) is 41.6. The average Bonchev–Trinajstić information content (AvgIpc) is 3.22. The summed E-state index contributed by atoms with van der Waals surface area (Å²) in [6.45, 7) is 14.7. The van der Waals surface area contributed by atoms with Crippen LogP contribution < -0.4 is 30.7 Å². The van der Waals surface area contributed by atoms with Gasteiger partial charge in [-0.2, -0.15) is 10.4 Å². The number of imide groups is 1. The van der Waals surface area contributed by atoms with Gasteiger partial charge in [-0.1, -0.05) is 39.3 Å². The quantitative estimate of drug-likeness (QED) is 0.229. The van der Waals surface area contributed by atoms with Crippen molar-refractivity contribution in [1.82, 2.24) is 35.5 Å². The van der Waals surface area contributed by atoms with Crippen LogP contribution in [0.1, 0.15) is 75.5 Å². The number of amides is 3. The number of piperidine rings is 2. The third kappa shape index (κ3) is 7.83. The molecule has 1 aliphatic carbocycles. The van der Waals surface area contributed by atoms with E-state index in [1.54, 1.807) is 30.5 Å². The third-order valence-corrected chi connectivity index (χ3v) is 13.1. The number of nitrogens with one attached hydrogen (secondary N) is 2. The number of benzene rings is 2. The normalized spacial score (nSPS) is 23.3. The molecule has 16 heteroatoms. The minimum absolute atomic E-state index is 0.179. The molecule has 8 rings (SSSR count). The molecule has 2 aromatic carbocycles. The highest BCUT2D eigenvalue weighted by Gasteiger charge is 2.64. The second-order valence-electron chi connectivity index (χ2n) is 17.4. The highest BCUT2D eigenvalue weighted by atomic mass is 35.5. The van der Waals surface area contributed by atoms with E-state index in [9.17, 15) is 24.4 Å². The van der Waals surface area contributed by atoms with E-state index in [1.807, 2.05) is 24.3 Å². The van der Waals surface area contributed by atoms with Gasteiger partial charge in [0.1, 0.15) is 24.0 Å². The predicted molar refractivity (Wildman–Crippen MR) is 222 cm³/mol. The smallest absolute Gasteiger partial charge is 0.275 e. The first kappa shape index (κ1) is 40.2. The Balaban J connectivity index is 0.792. The van der Waals surface area contributed by atoms with E-state index in [0.29, 0.717) is 27.6 Å². The van der Waals surface area contributed by atoms with Crippen LogP contribution in [0.3, 0.4) is 0 Å². The van der Waals surface area contributed by atoms with Gasteiger partial charge in [0.05, 0.1) is 22.2 Å². The first-order chi connectivity index (χ1) is 28.2. The molecule has 5 heterocycles. The lowest BCUT2D eigenvalue weighted by molar-refractivity contribution is -0.164. The summed E-state index contributed by atoms with van der Waals surface area (Å²) in [7, 11) is 0. The molecule has 0 radical (unpaired) electrons. The number of anilines is 2. The molecule has 4 aliphatic rings. The van der Waals surface area contributed by atoms with Gasteiger partial charge >= 0.3 is 0 Å². The molecule has 3 amide bonds. The molecule has 308 valence electrons. The molecule has 1 atom stereocenters. The molecule has 0 bridgehead atoms. The molecule has 59 heavy (non-hydrogen) atoms. The van der Waals surface area contributed by atoms with Gasteiger partial charge in [-0.3, -0.25) is 29.4 Å². The summed E-state index contributed by atoms with van der Waals surface area (Å²) in [5.41, 5.74) is 0.583. The fourth-order valence-electron chi connectivity index (χ4n) is 9.80. The monoisotopic (exact) mass is 820 g/mol. The molecule has 1 saturated carbocycles. The fourth-order valence-corrected chi connectivity index (χ4v) is 10.0. The number of nitrogens with zero attached hydrogens (tertiary/aromatic N) is 8. The van der Waals surface area contributed by atoms with Crippen molar-refractivity contribution >= 4 is 51.6 Å². The number of nitriles is 1. The number of halogens is 1. The van der Waals surface area contributed by atoms with Gasteiger partial charge in [-0.05, 0) is 67.6 Å². The van der Waals surface area contributed by atoms with Crippen molar-refractivity contribution in [3.8, 4) is 11.8 Å². The van der Waals surface area contributed by atoms with Crippen LogP contribution in [-0.2, 0) is 9.59 Å². The van der Waals surface area contributed by atoms with Crippen LogP contribution in [-0.4, -0.2) is 101 Å². The summed E-state index contributed by atoms with van der Waals surface area (Å²) < 4.78 is 7.56. The first-order valence-corrected chi connectivity index (χ1v) is 20.7. The van der Waals surface area contributed by atoms with Crippen LogP contribution in [0.4, 0.5) is 11.5 Å². The number of aromatic nitrogens is 4. The Morgan fingerprint density at radius 2 is 1.68 bits per heavy atom. The van der Waals surface area contributed by atoms with Crippen LogP contribution in [0.25, 0.3) is 10.8 Å². The van der Waals surface area contributed by atoms with Gasteiger partial charge in [0.2, 0.25) is 5.91 Å². The number of carbonyl (C=O) groups excluding carboxylic acids is 3. The minimum atomic E-state index is -0.787. The summed E-state index contributed by atoms with van der Waals surface area (Å²) in [5.74, 6) is 0.829. The Morgan fingerprint density at radius 3 is 2.34 bits per heavy atom. The standard InChI is InChI=1S/C43H49ClN10O5/c1-42(2)40(43(3,4)41(42)59-30-7-5-27(23-45)32(44)22-30)48-37(56)33-9-11-35(50-49-33)53-15-13-26(14-16-53)25-51-17-19-52(20-18-51)29-6-8-31-28(21-29)24-46-54(39(31)58)34-10-12-36(55)47-38(34)57/h5-9,11,21-22,24,26,34,40-41H,10,12-20,25H2,1-4H3,(H,48,56)(H,47,55,57). The molecule has 2 aromatic heterocycles. The van der Waals surface area contributed by atoms with E-state index < -0.39 is 22.8 Å². The van der Waals surface area contributed by atoms with Crippen molar-refractivity contribution in [2.45, 2.75) is 71.6 Å². The summed E-state index contributed by atoms with van der Waals surface area (Å²) in [6.07, 6.45) is 3.95. The maximum atomic E-state index is 13.4. The molecule has 2 N–H and O–H groups in total. The average molecular weight is 821 g/mol. The van der Waals surface area contributed by atoms with E-state index in [2.05, 4.69) is 74.4 Å². The summed E-state index contributed by atoms with van der Waals surface area (Å²) in [4.78, 5) is 57.7. The number of carbonyl (C=O) groups is 3. The number of piperazine rings is 1. The lowest BCUT2D eigenvalue weighted by Gasteiger charge is -2.63. The number of rotatable bonds is 9. The van der Waals surface area contributed by atoms with Crippen molar-refractivity contribution < 1.29 is 19.1 Å². The SMILES string of the molecule is CC1(C)C(NC(=O)c2ccc(N3CCC(CN4CCN(c5ccc6c(=O)n(C7CCC(=O)NC7=O)ncc6c5)CC4)CC3)nn2)C(C)(C)C1Oc1ccc(C#N)c(Cl)c1. The van der Waals surface area contributed by atoms with Gasteiger partial charge < -0.3 is 19.9 Å². The Bertz CT molecular complexity index is 2360. The molecule has 0 spiro atoms. The zero-order valence-corrected chi connectivity index (χ0v) is 34.5. The highest BCUT2D eigenvalue weighted by Crippen LogP contribution is 2.55. The van der Waals surface area contributed by atoms with Gasteiger partial charge in [-0.25, -0.2) is 4.68 Å². The zero-order valence-electron chi connectivity index (χ0n) is 33.8. The van der Waals surface area contributed by atoms with Crippen molar-refractivity contribution in [3.63, 3.8) is 0 Å². The third-order valence-electron chi connectivity index (χ3n) is 12.8. The predicted octanol–water partition coefficient (Wildman–Crippen LogP) is 4.34. The van der Waals surface area contributed by atoms with Crippen LogP contribution >= 0.6 is 11.6 Å². The van der Waals surface area contributed by atoms with E-state index in [-0.39, 0.29) is 48.1 Å². The molecule has 3 saturated heterocycles. The van der Waals surface area contributed by atoms with Crippen LogP contribution in [0.2, 0.25) is 5.02 Å². The van der Waals surface area contributed by atoms with Crippen molar-refractivity contribution in [2.24, 2.45) is 16.7 Å². The van der Waals surface area contributed by atoms with Crippen LogP contribution in [0, 0.1) is 28.1 Å². The highest BCUT2D eigenvalue weighted by molar-refractivity contribution is 6.31. The van der Waals surface area contributed by atoms with Crippen molar-refractivity contribution in [1.29, 1.82) is 5.26 Å². The first-order valence-electron chi connectivity index (χ1n) is 20.3. The van der Waals surface area contributed by atoms with Gasteiger partial charge in [0.15, 0.2) is 11.5 Å². The summed E-state index contributed by atoms with van der Waals surface area (Å²) in [5, 5.41) is 29.4. The maximum absolute atomic E-state index is 13.4. The minimum Gasteiger partial charge on any atom is -0.489 e. The number of ether oxygens (including phenoxy) is 1. The Morgan fingerprint density at radius 1 is 0.932 bits per heavy atom. The van der Waals surface area contributed by atoms with E-state index >= 15 is 0 Å². The number of fused-ring (bicyclic) bond motifs is 1. The maximum Gasteiger partial charge on any atom is 0.275 e. The number of hydrogen-bond donors (Lipinski definition) is 2. The Labute approximate surface area is 347 Å². The Hall–Kier alpha value is -5.59. The molecular formula is C43H49ClN10O5. The van der Waals surface area contributed by atoms with E-state index in [1.165, 1.54) is 4.68 Å². The van der Waals surface area contributed by atoms with Crippen molar-refractivity contribution in [3.05, 3.63) is 81.4 Å². The summed E-state index contributed by atoms with van der Waals surface area (Å²) >= 11 is 6.24. The van der Waals surface area contributed by atoms with E-state index in [4.69, 9.17) is 16.3 Å². The van der Waals surface area contributed by atoms with Crippen LogP contribution in [0.5, 0.6) is 5.75 Å². The van der Waals surface area contributed by atoms with Gasteiger partial charge in [0, 0.05) is 86.2 Å². The molecule has 4 fully saturated rings. The molecule has 15 nitrogen and oxygen atoms in total. The lowest BCUT2D eigenvalue weighted by Crippen LogP contribution is -2.74. The molecule has 3 aliphatic heterocycles. The Kier molecular flexibility index (Phi) is 10.8. The topological polar surface area (TPSA) is 179 Å². The lowest BCUT2D eigenvalue weighted by atomic mass is 9.49. The second kappa shape index (κ2) is 15.9. The van der Waals surface area contributed by atoms with Crippen molar-refractivity contribution in [2.75, 3.05) is 55.6 Å². The molecule has 4 aromatic rings. The van der Waals surface area contributed by atoms with E-state index in [0.717, 1.165) is 75.5 Å². The molecular weight excluding hydrogens is 772 g/mol. The largest absolute Gasteiger partial charge is 0.489 e. The van der Waals surface area contributed by atoms with Gasteiger partial charge in [0.25, 0.3) is 17.4 Å². The second-order valence-corrected chi connectivity index (χ2v) is 17.8. The molecule has 1 unspecified atom stereocenters. The van der Waals surface area contributed by atoms with Crippen LogP contribution in [0.15, 0.2) is 59.5 Å².